The summed E-state index contributed by atoms with van der Waals surface area (Å²) in [5.74, 6) is 0. The van der Waals surface area contributed by atoms with Gasteiger partial charge in [0, 0.05) is 9.74 Å². The normalized spacial score (nSPS) is 15.3. The van der Waals surface area contributed by atoms with Crippen LogP contribution in [0.1, 0.15) is 41.5 Å². The van der Waals surface area contributed by atoms with E-state index in [1.165, 1.54) is 0 Å². The molecule has 0 heterocycles. The van der Waals surface area contributed by atoms with Crippen molar-refractivity contribution in [1.82, 2.24) is 0 Å². The van der Waals surface area contributed by atoms with Gasteiger partial charge in [0.15, 0.2) is 0 Å². The summed E-state index contributed by atoms with van der Waals surface area (Å²) < 4.78 is -0.0573. The first-order chi connectivity index (χ1) is 4.50. The minimum Gasteiger partial charge on any atom is -0.390 e. The van der Waals surface area contributed by atoms with Crippen LogP contribution in [-0.2, 0) is 0 Å². The molecule has 0 aliphatic rings. The van der Waals surface area contributed by atoms with Crippen LogP contribution in [0.2, 0.25) is 0 Å². The lowest BCUT2D eigenvalue weighted by atomic mass is 9.69. The van der Waals surface area contributed by atoms with E-state index >= 15 is 0 Å². The zero-order valence-electron chi connectivity index (χ0n) is 8.33. The van der Waals surface area contributed by atoms with E-state index in [1.807, 2.05) is 13.8 Å². The van der Waals surface area contributed by atoms with Crippen LogP contribution in [0.3, 0.4) is 0 Å². The monoisotopic (exact) mass is 222 g/mol. The molecule has 0 spiro atoms. The lowest BCUT2D eigenvalue weighted by Gasteiger charge is -2.46. The van der Waals surface area contributed by atoms with Gasteiger partial charge in [0.25, 0.3) is 0 Å². The van der Waals surface area contributed by atoms with Crippen molar-refractivity contribution in [2.45, 2.75) is 51.5 Å². The van der Waals surface area contributed by atoms with E-state index in [0.717, 1.165) is 0 Å². The van der Waals surface area contributed by atoms with Gasteiger partial charge in [0.1, 0.15) is 0 Å². The molecular weight excluding hydrogens is 204 g/mol. The van der Waals surface area contributed by atoms with E-state index < -0.39 is 5.60 Å². The lowest BCUT2D eigenvalue weighted by Crippen LogP contribution is -2.49. The Morgan fingerprint density at radius 1 is 0.909 bits per heavy atom. The fourth-order valence-electron chi connectivity index (χ4n) is 0.727. The number of alkyl halides is 1. The van der Waals surface area contributed by atoms with Crippen molar-refractivity contribution >= 4 is 15.9 Å². The maximum Gasteiger partial charge on any atom is 0.0655 e. The molecule has 0 aliphatic carbocycles. The van der Waals surface area contributed by atoms with Gasteiger partial charge in [-0.1, -0.05) is 29.8 Å². The predicted octanol–water partition coefficient (Wildman–Crippen LogP) is 2.96. The zero-order valence-corrected chi connectivity index (χ0v) is 9.91. The summed E-state index contributed by atoms with van der Waals surface area (Å²) in [5, 5.41) is 9.85. The van der Waals surface area contributed by atoms with Gasteiger partial charge in [0.05, 0.1) is 5.60 Å². The first-order valence-corrected chi connectivity index (χ1v) is 4.71. The summed E-state index contributed by atoms with van der Waals surface area (Å²) in [6.45, 7) is 11.9. The van der Waals surface area contributed by atoms with Crippen LogP contribution >= 0.6 is 15.9 Å². The third-order valence-electron chi connectivity index (χ3n) is 3.02. The highest BCUT2D eigenvalue weighted by Crippen LogP contribution is 2.45. The van der Waals surface area contributed by atoms with Crippen LogP contribution < -0.4 is 0 Å². The molecule has 0 saturated carbocycles. The third-order valence-corrected chi connectivity index (χ3v) is 4.01. The van der Waals surface area contributed by atoms with Crippen LogP contribution in [0.4, 0.5) is 0 Å². The summed E-state index contributed by atoms with van der Waals surface area (Å²) in [5.41, 5.74) is -0.819. The Balaban J connectivity index is 4.75. The van der Waals surface area contributed by atoms with Gasteiger partial charge in [-0.25, -0.2) is 0 Å². The number of aliphatic hydroxyl groups is 1. The van der Waals surface area contributed by atoms with Crippen molar-refractivity contribution in [3.05, 3.63) is 0 Å². The molecule has 0 aliphatic heterocycles. The Morgan fingerprint density at radius 2 is 1.18 bits per heavy atom. The van der Waals surface area contributed by atoms with Gasteiger partial charge in [-0.15, -0.1) is 0 Å². The van der Waals surface area contributed by atoms with Crippen molar-refractivity contribution in [3.8, 4) is 0 Å². The molecule has 11 heavy (non-hydrogen) atoms. The minimum absolute atomic E-state index is 0.0573. The standard InChI is InChI=1S/C9H19BrO/c1-7(2,8(3,4)10)9(5,6)11/h11H,1-6H3. The highest BCUT2D eigenvalue weighted by atomic mass is 79.9. The smallest absolute Gasteiger partial charge is 0.0655 e. The molecule has 68 valence electrons. The predicted molar refractivity (Wildman–Crippen MR) is 53.1 cm³/mol. The summed E-state index contributed by atoms with van der Waals surface area (Å²) in [4.78, 5) is 0. The quantitative estimate of drug-likeness (QED) is 0.713. The van der Waals surface area contributed by atoms with Crippen LogP contribution in [-0.4, -0.2) is 15.0 Å². The van der Waals surface area contributed by atoms with Gasteiger partial charge >= 0.3 is 0 Å². The van der Waals surface area contributed by atoms with Crippen molar-refractivity contribution in [2.24, 2.45) is 5.41 Å². The largest absolute Gasteiger partial charge is 0.390 e. The van der Waals surface area contributed by atoms with Crippen LogP contribution in [0, 0.1) is 5.41 Å². The summed E-state index contributed by atoms with van der Waals surface area (Å²) >= 11 is 3.58. The average Bonchev–Trinajstić information content (AvgIpc) is 1.58. The molecule has 0 saturated heterocycles. The molecule has 2 heteroatoms. The fourth-order valence-corrected chi connectivity index (χ4v) is 1.21. The molecule has 0 aromatic heterocycles. The number of hydrogen-bond donors (Lipinski definition) is 1. The van der Waals surface area contributed by atoms with E-state index in [-0.39, 0.29) is 9.74 Å². The molecule has 0 aromatic carbocycles. The van der Waals surface area contributed by atoms with Crippen LogP contribution in [0.25, 0.3) is 0 Å². The second kappa shape index (κ2) is 2.74. The number of rotatable bonds is 2. The van der Waals surface area contributed by atoms with E-state index in [4.69, 9.17) is 0 Å². The highest BCUT2D eigenvalue weighted by Gasteiger charge is 2.45. The maximum absolute atomic E-state index is 9.85. The van der Waals surface area contributed by atoms with Gasteiger partial charge in [0.2, 0.25) is 0 Å². The zero-order chi connectivity index (χ0) is 9.50. The Kier molecular flexibility index (Phi) is 2.85. The summed E-state index contributed by atoms with van der Waals surface area (Å²) in [6, 6.07) is 0. The number of hydrogen-bond acceptors (Lipinski definition) is 1. The minimum atomic E-state index is -0.667. The third kappa shape index (κ3) is 2.19. The van der Waals surface area contributed by atoms with Crippen LogP contribution in [0.15, 0.2) is 0 Å². The topological polar surface area (TPSA) is 20.2 Å². The average molecular weight is 223 g/mol. The van der Waals surface area contributed by atoms with Gasteiger partial charge in [-0.2, -0.15) is 0 Å². The van der Waals surface area contributed by atoms with E-state index in [0.29, 0.717) is 0 Å². The highest BCUT2D eigenvalue weighted by molar-refractivity contribution is 9.10. The van der Waals surface area contributed by atoms with Crippen molar-refractivity contribution in [2.75, 3.05) is 0 Å². The van der Waals surface area contributed by atoms with Crippen molar-refractivity contribution in [3.63, 3.8) is 0 Å². The van der Waals surface area contributed by atoms with Crippen LogP contribution in [0.5, 0.6) is 0 Å². The second-order valence-corrected chi connectivity index (χ2v) is 6.64. The van der Waals surface area contributed by atoms with Crippen molar-refractivity contribution < 1.29 is 5.11 Å². The Hall–Kier alpha value is 0.440. The van der Waals surface area contributed by atoms with E-state index in [1.54, 1.807) is 0 Å². The van der Waals surface area contributed by atoms with E-state index in [9.17, 15) is 5.11 Å². The maximum atomic E-state index is 9.85. The molecule has 0 atom stereocenters. The summed E-state index contributed by atoms with van der Waals surface area (Å²) in [6.07, 6.45) is 0. The fraction of sp³-hybridized carbons (Fsp3) is 1.00. The molecule has 0 rings (SSSR count). The molecular formula is C9H19BrO. The first kappa shape index (κ1) is 11.4. The molecule has 0 amide bonds. The molecule has 0 fully saturated rings. The molecule has 0 aromatic rings. The Labute approximate surface area is 78.3 Å². The summed E-state index contributed by atoms with van der Waals surface area (Å²) in [7, 11) is 0. The Bertz CT molecular complexity index is 121. The molecule has 0 radical (unpaired) electrons. The molecule has 0 unspecified atom stereocenters. The van der Waals surface area contributed by atoms with Crippen molar-refractivity contribution in [1.29, 1.82) is 0 Å². The van der Waals surface area contributed by atoms with Gasteiger partial charge in [-0.3, -0.25) is 0 Å². The van der Waals surface area contributed by atoms with Gasteiger partial charge < -0.3 is 5.11 Å². The Morgan fingerprint density at radius 3 is 1.18 bits per heavy atom. The second-order valence-electron chi connectivity index (χ2n) is 4.66. The lowest BCUT2D eigenvalue weighted by molar-refractivity contribution is -0.0492. The van der Waals surface area contributed by atoms with E-state index in [2.05, 4.69) is 43.6 Å². The van der Waals surface area contributed by atoms with Gasteiger partial charge in [-0.05, 0) is 27.7 Å². The molecule has 1 nitrogen and oxygen atoms in total. The number of halogens is 1. The molecule has 1 N–H and O–H groups in total. The SMILES string of the molecule is CC(C)(O)C(C)(C)C(C)(C)Br. The molecule has 0 bridgehead atoms. The first-order valence-electron chi connectivity index (χ1n) is 3.91.